The molecule has 0 saturated carbocycles. The van der Waals surface area contributed by atoms with Gasteiger partial charge in [-0.05, 0) is 55.5 Å². The number of alkyl halides is 3. The Morgan fingerprint density at radius 3 is 2.28 bits per heavy atom. The van der Waals surface area contributed by atoms with Crippen LogP contribution in [0.5, 0.6) is 0 Å². The SMILES string of the molecule is CC(NC(=O)c1c(-c2ccnn2-c2ccc(C#N)cc2)n(C)n(-c2cccc(C(F)(F)F)c2)c1=O)C(=O)N1CCC([N+](C)(C)Cc2ccccc2)CC1.[Br-]. The summed E-state index contributed by atoms with van der Waals surface area (Å²) < 4.78 is 45.7. The van der Waals surface area contributed by atoms with Crippen molar-refractivity contribution in [2.45, 2.75) is 44.6 Å². The van der Waals surface area contributed by atoms with Crippen molar-refractivity contribution in [2.24, 2.45) is 7.05 Å². The van der Waals surface area contributed by atoms with Crippen molar-refractivity contribution in [3.05, 3.63) is 124 Å². The first-order valence-electron chi connectivity index (χ1n) is 17.2. The lowest BCUT2D eigenvalue weighted by Crippen LogP contribution is -3.00. The minimum atomic E-state index is -4.68. The van der Waals surface area contributed by atoms with Crippen LogP contribution in [0.25, 0.3) is 22.8 Å². The van der Waals surface area contributed by atoms with Gasteiger partial charge in [0.05, 0.1) is 60.6 Å². The second-order valence-electron chi connectivity index (χ2n) is 13.9. The van der Waals surface area contributed by atoms with Gasteiger partial charge in [0, 0.05) is 38.5 Å². The van der Waals surface area contributed by atoms with E-state index < -0.39 is 29.2 Å². The fourth-order valence-corrected chi connectivity index (χ4v) is 7.15. The molecule has 1 atom stereocenters. The zero-order valence-electron chi connectivity index (χ0n) is 30.2. The molecule has 0 spiro atoms. The predicted octanol–water partition coefficient (Wildman–Crippen LogP) is 2.31. The quantitative estimate of drug-likeness (QED) is 0.230. The normalized spacial score (nSPS) is 14.2. The third-order valence-corrected chi connectivity index (χ3v) is 9.95. The number of rotatable bonds is 9. The Morgan fingerprint density at radius 1 is 0.981 bits per heavy atom. The number of amides is 2. The number of quaternary nitrogens is 1. The van der Waals surface area contributed by atoms with Gasteiger partial charge in [0.1, 0.15) is 23.8 Å². The van der Waals surface area contributed by atoms with Crippen LogP contribution in [0.3, 0.4) is 0 Å². The number of halogens is 4. The maximum atomic E-state index is 14.2. The molecule has 1 unspecified atom stereocenters. The second kappa shape index (κ2) is 15.9. The van der Waals surface area contributed by atoms with E-state index in [2.05, 4.69) is 36.6 Å². The molecular formula is C39H40BrF3N8O3. The monoisotopic (exact) mass is 804 g/mol. The number of nitrogens with one attached hydrogen (secondary N) is 1. The number of nitriles is 1. The number of aromatic nitrogens is 4. The summed E-state index contributed by atoms with van der Waals surface area (Å²) in [6, 6.07) is 23.9. The van der Waals surface area contributed by atoms with E-state index in [1.165, 1.54) is 40.3 Å². The van der Waals surface area contributed by atoms with Crippen molar-refractivity contribution < 1.29 is 44.2 Å². The van der Waals surface area contributed by atoms with Gasteiger partial charge in [-0.1, -0.05) is 36.4 Å². The van der Waals surface area contributed by atoms with Crippen molar-refractivity contribution in [1.29, 1.82) is 5.26 Å². The van der Waals surface area contributed by atoms with Crippen LogP contribution in [0.2, 0.25) is 0 Å². The van der Waals surface area contributed by atoms with Crippen LogP contribution in [0.1, 0.15) is 46.8 Å². The first-order chi connectivity index (χ1) is 25.2. The van der Waals surface area contributed by atoms with E-state index in [-0.39, 0.29) is 45.5 Å². The molecule has 15 heteroatoms. The Morgan fingerprint density at radius 2 is 1.65 bits per heavy atom. The van der Waals surface area contributed by atoms with Crippen LogP contribution >= 0.6 is 0 Å². The lowest BCUT2D eigenvalue weighted by atomic mass is 9.99. The molecule has 1 aliphatic heterocycles. The van der Waals surface area contributed by atoms with E-state index in [1.807, 2.05) is 24.3 Å². The molecule has 54 heavy (non-hydrogen) atoms. The standard InChI is InChI=1S/C39H39F3N8O3.BrH/c1-26(37(52)47-21-18-32(19-22-47)50(3,4)25-28-9-6-5-7-10-28)45-36(51)34-35(33-17-20-44-48(33)30-15-13-27(24-43)14-16-30)46(2)49(38(34)53)31-12-8-11-29(23-31)39(40,41)42;/h5-17,20,23,26,32H,18-19,21-22,25H2,1-4H3;1H. The molecule has 0 aliphatic carbocycles. The summed E-state index contributed by atoms with van der Waals surface area (Å²) in [6.07, 6.45) is -1.67. The molecule has 5 aromatic rings. The highest BCUT2D eigenvalue weighted by atomic mass is 79.9. The van der Waals surface area contributed by atoms with Crippen LogP contribution in [0, 0.1) is 11.3 Å². The summed E-state index contributed by atoms with van der Waals surface area (Å²) in [4.78, 5) is 43.7. The van der Waals surface area contributed by atoms with Crippen LogP contribution < -0.4 is 27.9 Å². The van der Waals surface area contributed by atoms with E-state index in [0.717, 1.165) is 40.7 Å². The summed E-state index contributed by atoms with van der Waals surface area (Å²) in [5.74, 6) is -1.17. The zero-order chi connectivity index (χ0) is 38.1. The van der Waals surface area contributed by atoms with Crippen LogP contribution in [0.15, 0.2) is 95.9 Å². The molecular weight excluding hydrogens is 765 g/mol. The molecule has 3 aromatic carbocycles. The van der Waals surface area contributed by atoms with Crippen molar-refractivity contribution >= 4 is 11.8 Å². The zero-order valence-corrected chi connectivity index (χ0v) is 31.8. The molecule has 2 amide bonds. The number of carbonyl (C=O) groups is 2. The van der Waals surface area contributed by atoms with Gasteiger partial charge in [0.2, 0.25) is 5.91 Å². The Bertz CT molecular complexity index is 2230. The first kappa shape index (κ1) is 39.7. The summed E-state index contributed by atoms with van der Waals surface area (Å²) in [5.41, 5.74) is 0.147. The average Bonchev–Trinajstić information content (AvgIpc) is 3.72. The lowest BCUT2D eigenvalue weighted by Gasteiger charge is -2.43. The fraction of sp³-hybridized carbons (Fsp3) is 0.308. The van der Waals surface area contributed by atoms with Gasteiger partial charge in [0.25, 0.3) is 11.5 Å². The summed E-state index contributed by atoms with van der Waals surface area (Å²) in [6.45, 7) is 3.41. The van der Waals surface area contributed by atoms with Gasteiger partial charge in [-0.3, -0.25) is 19.1 Å². The highest BCUT2D eigenvalue weighted by Gasteiger charge is 2.36. The fourth-order valence-electron chi connectivity index (χ4n) is 7.15. The largest absolute Gasteiger partial charge is 1.00 e. The average molecular weight is 806 g/mol. The second-order valence-corrected chi connectivity index (χ2v) is 13.9. The highest BCUT2D eigenvalue weighted by molar-refractivity contribution is 6.02. The topological polar surface area (TPSA) is 118 Å². The van der Waals surface area contributed by atoms with Crippen LogP contribution in [-0.4, -0.2) is 79.6 Å². The molecule has 0 radical (unpaired) electrons. The van der Waals surface area contributed by atoms with Gasteiger partial charge in [0.15, 0.2) is 0 Å². The third-order valence-electron chi connectivity index (χ3n) is 9.95. The minimum absolute atomic E-state index is 0. The molecule has 1 fully saturated rings. The Kier molecular flexibility index (Phi) is 11.7. The van der Waals surface area contributed by atoms with Gasteiger partial charge in [-0.15, -0.1) is 0 Å². The van der Waals surface area contributed by atoms with Gasteiger partial charge in [-0.2, -0.15) is 23.5 Å². The van der Waals surface area contributed by atoms with Crippen LogP contribution in [-0.2, 0) is 24.6 Å². The molecule has 11 nitrogen and oxygen atoms in total. The van der Waals surface area contributed by atoms with Crippen molar-refractivity contribution in [2.75, 3.05) is 27.2 Å². The maximum absolute atomic E-state index is 14.2. The number of benzene rings is 3. The number of hydrogen-bond donors (Lipinski definition) is 1. The van der Waals surface area contributed by atoms with Gasteiger partial charge in [-0.25, -0.2) is 9.36 Å². The Balaban J connectivity index is 0.00000561. The molecule has 2 aromatic heterocycles. The lowest BCUT2D eigenvalue weighted by molar-refractivity contribution is -0.929. The molecule has 0 bridgehead atoms. The van der Waals surface area contributed by atoms with E-state index in [4.69, 9.17) is 0 Å². The highest BCUT2D eigenvalue weighted by Crippen LogP contribution is 2.32. The smallest absolute Gasteiger partial charge is 0.416 e. The van der Waals surface area contributed by atoms with E-state index in [1.54, 1.807) is 42.2 Å². The predicted molar refractivity (Wildman–Crippen MR) is 192 cm³/mol. The third kappa shape index (κ3) is 8.04. The molecule has 1 saturated heterocycles. The minimum Gasteiger partial charge on any atom is -1.00 e. The number of likely N-dealkylation sites (tertiary alicyclic amines) is 1. The summed E-state index contributed by atoms with van der Waals surface area (Å²) in [7, 11) is 5.84. The van der Waals surface area contributed by atoms with Crippen LogP contribution in [0.4, 0.5) is 13.2 Å². The maximum Gasteiger partial charge on any atom is 0.416 e. The van der Waals surface area contributed by atoms with Gasteiger partial charge >= 0.3 is 6.18 Å². The van der Waals surface area contributed by atoms with Gasteiger partial charge < -0.3 is 31.7 Å². The molecule has 6 rings (SSSR count). The Hall–Kier alpha value is -5.46. The summed E-state index contributed by atoms with van der Waals surface area (Å²) >= 11 is 0. The van der Waals surface area contributed by atoms with E-state index in [0.29, 0.717) is 30.4 Å². The molecule has 1 N–H and O–H groups in total. The Labute approximate surface area is 321 Å². The first-order valence-corrected chi connectivity index (χ1v) is 17.2. The molecule has 1 aliphatic rings. The number of nitrogens with zero attached hydrogens (tertiary/aromatic N) is 7. The number of hydrogen-bond acceptors (Lipinski definition) is 5. The summed E-state index contributed by atoms with van der Waals surface area (Å²) in [5, 5.41) is 16.4. The van der Waals surface area contributed by atoms with E-state index >= 15 is 0 Å². The van der Waals surface area contributed by atoms with Crippen molar-refractivity contribution in [3.8, 4) is 28.8 Å². The number of carbonyl (C=O) groups excluding carboxylic acids is 2. The number of piperidine rings is 1. The van der Waals surface area contributed by atoms with E-state index in [9.17, 15) is 32.8 Å². The molecule has 3 heterocycles. The van der Waals surface area contributed by atoms with Crippen molar-refractivity contribution in [3.63, 3.8) is 0 Å². The van der Waals surface area contributed by atoms with Crippen molar-refractivity contribution in [1.82, 2.24) is 29.4 Å². The molecule has 282 valence electrons.